The highest BCUT2D eigenvalue weighted by Gasteiger charge is 2.18. The average Bonchev–Trinajstić information content (AvgIpc) is 2.86. The van der Waals surface area contributed by atoms with E-state index in [1.165, 1.54) is 10.4 Å². The molecule has 0 aliphatic carbocycles. The number of thiophene rings is 1. The summed E-state index contributed by atoms with van der Waals surface area (Å²) < 4.78 is 0. The second kappa shape index (κ2) is 4.88. The molecule has 0 unspecified atom stereocenters. The first-order chi connectivity index (χ1) is 8.78. The summed E-state index contributed by atoms with van der Waals surface area (Å²) in [5.74, 6) is 0.889. The molecule has 3 rings (SSSR count). The molecule has 2 aromatic heterocycles. The van der Waals surface area contributed by atoms with Gasteiger partial charge in [-0.2, -0.15) is 0 Å². The first kappa shape index (κ1) is 12.0. The Morgan fingerprint density at radius 1 is 1.50 bits per heavy atom. The number of anilines is 1. The predicted molar refractivity (Wildman–Crippen MR) is 74.2 cm³/mol. The van der Waals surface area contributed by atoms with E-state index in [0.29, 0.717) is 5.02 Å². The number of hydrogen-bond donors (Lipinski definition) is 1. The van der Waals surface area contributed by atoms with Crippen molar-refractivity contribution in [2.75, 3.05) is 11.4 Å². The molecular formula is C13H13ClN2OS. The van der Waals surface area contributed by atoms with Crippen LogP contribution in [0.15, 0.2) is 23.7 Å². The normalized spacial score (nSPS) is 14.7. The second-order valence-electron chi connectivity index (χ2n) is 4.33. The Morgan fingerprint density at radius 3 is 3.22 bits per heavy atom. The van der Waals surface area contributed by atoms with E-state index in [1.807, 2.05) is 17.4 Å². The van der Waals surface area contributed by atoms with Crippen LogP contribution in [0.4, 0.5) is 5.82 Å². The molecule has 2 aromatic rings. The van der Waals surface area contributed by atoms with E-state index in [0.717, 1.165) is 30.9 Å². The topological polar surface area (TPSA) is 36.4 Å². The van der Waals surface area contributed by atoms with E-state index >= 15 is 0 Å². The van der Waals surface area contributed by atoms with E-state index in [-0.39, 0.29) is 6.61 Å². The van der Waals surface area contributed by atoms with Crippen molar-refractivity contribution in [3.8, 4) is 0 Å². The predicted octanol–water partition coefficient (Wildman–Crippen LogP) is 2.85. The zero-order valence-electron chi connectivity index (χ0n) is 9.77. The lowest BCUT2D eigenvalue weighted by Crippen LogP contribution is -2.30. The van der Waals surface area contributed by atoms with Crippen molar-refractivity contribution in [1.82, 2.24) is 4.98 Å². The molecule has 0 fully saturated rings. The fourth-order valence-electron chi connectivity index (χ4n) is 2.21. The standard InChI is InChI=1S/C13H13ClN2OS/c14-11-6-15-13(5-10(11)8-17)16-3-1-12-9(7-16)2-4-18-12/h2,4-6,17H,1,3,7-8H2. The van der Waals surface area contributed by atoms with E-state index in [9.17, 15) is 5.11 Å². The summed E-state index contributed by atoms with van der Waals surface area (Å²) in [5.41, 5.74) is 2.12. The highest BCUT2D eigenvalue weighted by Crippen LogP contribution is 2.28. The molecule has 1 N–H and O–H groups in total. The number of halogens is 1. The van der Waals surface area contributed by atoms with E-state index in [1.54, 1.807) is 6.20 Å². The molecule has 0 saturated heterocycles. The van der Waals surface area contributed by atoms with Crippen LogP contribution in [0.5, 0.6) is 0 Å². The average molecular weight is 281 g/mol. The lowest BCUT2D eigenvalue weighted by atomic mass is 10.1. The van der Waals surface area contributed by atoms with Crippen LogP contribution in [0.3, 0.4) is 0 Å². The monoisotopic (exact) mass is 280 g/mol. The number of fused-ring (bicyclic) bond motifs is 1. The van der Waals surface area contributed by atoms with Gasteiger partial charge >= 0.3 is 0 Å². The molecule has 3 heterocycles. The van der Waals surface area contributed by atoms with Gasteiger partial charge in [-0.15, -0.1) is 11.3 Å². The summed E-state index contributed by atoms with van der Waals surface area (Å²) in [5, 5.41) is 11.9. The maximum Gasteiger partial charge on any atom is 0.129 e. The second-order valence-corrected chi connectivity index (χ2v) is 5.74. The molecule has 18 heavy (non-hydrogen) atoms. The molecule has 94 valence electrons. The SMILES string of the molecule is OCc1cc(N2CCc3sccc3C2)ncc1Cl. The number of aliphatic hydroxyl groups excluding tert-OH is 1. The summed E-state index contributed by atoms with van der Waals surface area (Å²) in [7, 11) is 0. The maximum absolute atomic E-state index is 9.24. The fraction of sp³-hybridized carbons (Fsp3) is 0.308. The molecule has 0 atom stereocenters. The van der Waals surface area contributed by atoms with E-state index in [4.69, 9.17) is 11.6 Å². The van der Waals surface area contributed by atoms with Crippen molar-refractivity contribution in [2.24, 2.45) is 0 Å². The van der Waals surface area contributed by atoms with Gasteiger partial charge in [0, 0.05) is 29.7 Å². The third kappa shape index (κ3) is 2.11. The summed E-state index contributed by atoms with van der Waals surface area (Å²) in [4.78, 5) is 8.06. The van der Waals surface area contributed by atoms with Crippen LogP contribution in [-0.2, 0) is 19.6 Å². The van der Waals surface area contributed by atoms with Gasteiger partial charge in [-0.3, -0.25) is 0 Å². The van der Waals surface area contributed by atoms with Crippen LogP contribution in [0.25, 0.3) is 0 Å². The molecule has 3 nitrogen and oxygen atoms in total. The first-order valence-corrected chi connectivity index (χ1v) is 7.09. The minimum absolute atomic E-state index is 0.0497. The van der Waals surface area contributed by atoms with Crippen LogP contribution in [0.2, 0.25) is 5.02 Å². The Labute approximate surface area is 115 Å². The molecular weight excluding hydrogens is 268 g/mol. The molecule has 0 spiro atoms. The Kier molecular flexibility index (Phi) is 3.24. The molecule has 0 bridgehead atoms. The molecule has 0 amide bonds. The highest BCUT2D eigenvalue weighted by atomic mass is 35.5. The van der Waals surface area contributed by atoms with Crippen LogP contribution in [0.1, 0.15) is 16.0 Å². The van der Waals surface area contributed by atoms with Crippen molar-refractivity contribution in [1.29, 1.82) is 0 Å². The van der Waals surface area contributed by atoms with E-state index < -0.39 is 0 Å². The van der Waals surface area contributed by atoms with Crippen molar-refractivity contribution < 1.29 is 5.11 Å². The number of rotatable bonds is 2. The van der Waals surface area contributed by atoms with Gasteiger partial charge < -0.3 is 10.0 Å². The minimum atomic E-state index is -0.0497. The van der Waals surface area contributed by atoms with E-state index in [2.05, 4.69) is 21.3 Å². The van der Waals surface area contributed by atoms with Gasteiger partial charge in [0.05, 0.1) is 11.6 Å². The summed E-state index contributed by atoms with van der Waals surface area (Å²) in [6, 6.07) is 4.05. The molecule has 0 radical (unpaired) electrons. The number of hydrogen-bond acceptors (Lipinski definition) is 4. The molecule has 1 aliphatic heterocycles. The zero-order chi connectivity index (χ0) is 12.5. The summed E-state index contributed by atoms with van der Waals surface area (Å²) >= 11 is 7.78. The largest absolute Gasteiger partial charge is 0.392 e. The van der Waals surface area contributed by atoms with Crippen molar-refractivity contribution in [3.05, 3.63) is 44.7 Å². The van der Waals surface area contributed by atoms with Gasteiger partial charge in [0.2, 0.25) is 0 Å². The zero-order valence-corrected chi connectivity index (χ0v) is 11.3. The van der Waals surface area contributed by atoms with Crippen molar-refractivity contribution >= 4 is 28.8 Å². The van der Waals surface area contributed by atoms with Gasteiger partial charge in [0.15, 0.2) is 0 Å². The third-order valence-electron chi connectivity index (χ3n) is 3.22. The highest BCUT2D eigenvalue weighted by molar-refractivity contribution is 7.10. The summed E-state index contributed by atoms with van der Waals surface area (Å²) in [6.45, 7) is 1.80. The van der Waals surface area contributed by atoms with Crippen molar-refractivity contribution in [3.63, 3.8) is 0 Å². The Morgan fingerprint density at radius 2 is 2.39 bits per heavy atom. The van der Waals surface area contributed by atoms with Crippen LogP contribution in [-0.4, -0.2) is 16.6 Å². The van der Waals surface area contributed by atoms with Crippen molar-refractivity contribution in [2.45, 2.75) is 19.6 Å². The van der Waals surface area contributed by atoms with Gasteiger partial charge in [-0.05, 0) is 29.5 Å². The number of nitrogens with zero attached hydrogens (tertiary/aromatic N) is 2. The smallest absolute Gasteiger partial charge is 0.129 e. The van der Waals surface area contributed by atoms with Crippen LogP contribution < -0.4 is 4.90 Å². The quantitative estimate of drug-likeness (QED) is 0.919. The number of aliphatic hydroxyl groups is 1. The minimum Gasteiger partial charge on any atom is -0.392 e. The molecule has 0 aromatic carbocycles. The molecule has 1 aliphatic rings. The number of pyridine rings is 1. The van der Waals surface area contributed by atoms with Gasteiger partial charge in [0.25, 0.3) is 0 Å². The molecule has 0 saturated carbocycles. The van der Waals surface area contributed by atoms with Crippen LogP contribution in [0, 0.1) is 0 Å². The van der Waals surface area contributed by atoms with Gasteiger partial charge in [0.1, 0.15) is 5.82 Å². The summed E-state index contributed by atoms with van der Waals surface area (Å²) in [6.07, 6.45) is 2.68. The van der Waals surface area contributed by atoms with Gasteiger partial charge in [-0.1, -0.05) is 11.6 Å². The lowest BCUT2D eigenvalue weighted by molar-refractivity contribution is 0.282. The molecule has 5 heteroatoms. The third-order valence-corrected chi connectivity index (χ3v) is 4.59. The van der Waals surface area contributed by atoms with Gasteiger partial charge in [-0.25, -0.2) is 4.98 Å². The first-order valence-electron chi connectivity index (χ1n) is 5.83. The Bertz CT molecular complexity index is 570. The van der Waals surface area contributed by atoms with Crippen LogP contribution >= 0.6 is 22.9 Å². The fourth-order valence-corrected chi connectivity index (χ4v) is 3.26. The maximum atomic E-state index is 9.24. The lowest BCUT2D eigenvalue weighted by Gasteiger charge is -2.28. The Balaban J connectivity index is 1.88. The number of aromatic nitrogens is 1. The Hall–Kier alpha value is -1.10.